The van der Waals surface area contributed by atoms with E-state index in [0.29, 0.717) is 6.54 Å². The molecule has 1 amide bonds. The van der Waals surface area contributed by atoms with Gasteiger partial charge in [-0.1, -0.05) is 45.0 Å². The Balaban J connectivity index is 0.00000220. The molecule has 0 saturated carbocycles. The molecule has 1 aromatic rings. The number of carbonyl (C=O) groups excluding carboxylic acids is 1. The van der Waals surface area contributed by atoms with E-state index >= 15 is 0 Å². The van der Waals surface area contributed by atoms with Crippen molar-refractivity contribution in [1.29, 1.82) is 0 Å². The normalized spacial score (nSPS) is 18.1. The minimum absolute atomic E-state index is 0. The van der Waals surface area contributed by atoms with E-state index in [0.717, 1.165) is 25.9 Å². The lowest BCUT2D eigenvalue weighted by Crippen LogP contribution is -2.40. The summed E-state index contributed by atoms with van der Waals surface area (Å²) >= 11 is 0. The van der Waals surface area contributed by atoms with E-state index in [9.17, 15) is 4.79 Å². The van der Waals surface area contributed by atoms with Gasteiger partial charge in [-0.3, -0.25) is 4.79 Å². The van der Waals surface area contributed by atoms with E-state index in [4.69, 9.17) is 0 Å². The highest BCUT2D eigenvalue weighted by Gasteiger charge is 2.26. The molecular weight excluding hydrogens is 284 g/mol. The first-order valence-electron chi connectivity index (χ1n) is 7.61. The van der Waals surface area contributed by atoms with E-state index in [-0.39, 0.29) is 29.6 Å². The molecule has 1 unspecified atom stereocenters. The molecule has 0 spiro atoms. The fourth-order valence-corrected chi connectivity index (χ4v) is 2.62. The summed E-state index contributed by atoms with van der Waals surface area (Å²) in [6.45, 7) is 8.99. The fraction of sp³-hybridized carbons (Fsp3) is 0.588. The van der Waals surface area contributed by atoms with E-state index in [2.05, 4.69) is 55.7 Å². The third-order valence-corrected chi connectivity index (χ3v) is 4.28. The van der Waals surface area contributed by atoms with Crippen molar-refractivity contribution in [2.75, 3.05) is 19.6 Å². The summed E-state index contributed by atoms with van der Waals surface area (Å²) in [5.74, 6) is 0.335. The molecule has 2 N–H and O–H groups in total. The summed E-state index contributed by atoms with van der Waals surface area (Å²) in [5.41, 5.74) is 2.60. The number of carbonyl (C=O) groups is 1. The van der Waals surface area contributed by atoms with Gasteiger partial charge in [0.15, 0.2) is 0 Å². The van der Waals surface area contributed by atoms with E-state index in [1.54, 1.807) is 0 Å². The van der Waals surface area contributed by atoms with Gasteiger partial charge in [0.05, 0.1) is 5.92 Å². The Labute approximate surface area is 134 Å². The Bertz CT molecular complexity index is 450. The van der Waals surface area contributed by atoms with Gasteiger partial charge in [-0.2, -0.15) is 0 Å². The van der Waals surface area contributed by atoms with Gasteiger partial charge in [0, 0.05) is 18.5 Å². The lowest BCUT2D eigenvalue weighted by molar-refractivity contribution is -0.124. The zero-order valence-corrected chi connectivity index (χ0v) is 14.1. The van der Waals surface area contributed by atoms with Gasteiger partial charge in [-0.25, -0.2) is 0 Å². The topological polar surface area (TPSA) is 41.1 Å². The minimum Gasteiger partial charge on any atom is -0.355 e. The lowest BCUT2D eigenvalue weighted by Gasteiger charge is -2.26. The number of hydrogen-bond donors (Lipinski definition) is 2. The maximum Gasteiger partial charge on any atom is 0.224 e. The van der Waals surface area contributed by atoms with Gasteiger partial charge in [-0.05, 0) is 30.5 Å². The van der Waals surface area contributed by atoms with Crippen LogP contribution in [-0.4, -0.2) is 25.5 Å². The van der Waals surface area contributed by atoms with Crippen molar-refractivity contribution in [1.82, 2.24) is 10.6 Å². The SMILES string of the molecule is CCc1ccc(C(C)(C)CNC(=O)C2CCNC2)cc1.Cl. The third kappa shape index (κ3) is 4.72. The number of amides is 1. The highest BCUT2D eigenvalue weighted by atomic mass is 35.5. The molecular formula is C17H27ClN2O. The molecule has 118 valence electrons. The van der Waals surface area contributed by atoms with Crippen molar-refractivity contribution in [3.63, 3.8) is 0 Å². The molecule has 0 radical (unpaired) electrons. The number of hydrogen-bond acceptors (Lipinski definition) is 2. The van der Waals surface area contributed by atoms with Crippen LogP contribution in [-0.2, 0) is 16.6 Å². The Morgan fingerprint density at radius 3 is 2.52 bits per heavy atom. The van der Waals surface area contributed by atoms with Crippen molar-refractivity contribution in [2.45, 2.75) is 39.0 Å². The molecule has 1 saturated heterocycles. The molecule has 1 aliphatic heterocycles. The van der Waals surface area contributed by atoms with Crippen LogP contribution in [0.2, 0.25) is 0 Å². The molecule has 1 aromatic carbocycles. The van der Waals surface area contributed by atoms with Crippen LogP contribution in [0.3, 0.4) is 0 Å². The first kappa shape index (κ1) is 18.0. The minimum atomic E-state index is -0.0338. The summed E-state index contributed by atoms with van der Waals surface area (Å²) in [6.07, 6.45) is 2.02. The first-order valence-corrected chi connectivity index (χ1v) is 7.61. The van der Waals surface area contributed by atoms with Crippen LogP contribution in [0.1, 0.15) is 38.3 Å². The number of benzene rings is 1. The van der Waals surface area contributed by atoms with Crippen LogP contribution in [0.4, 0.5) is 0 Å². The predicted molar refractivity (Wildman–Crippen MR) is 90.1 cm³/mol. The van der Waals surface area contributed by atoms with Crippen LogP contribution < -0.4 is 10.6 Å². The molecule has 1 fully saturated rings. The van der Waals surface area contributed by atoms with Crippen LogP contribution in [0.5, 0.6) is 0 Å². The van der Waals surface area contributed by atoms with Crippen molar-refractivity contribution in [2.24, 2.45) is 5.92 Å². The average Bonchev–Trinajstić information content (AvgIpc) is 2.99. The summed E-state index contributed by atoms with van der Waals surface area (Å²) in [5, 5.41) is 6.35. The smallest absolute Gasteiger partial charge is 0.224 e. The van der Waals surface area contributed by atoms with Gasteiger partial charge < -0.3 is 10.6 Å². The van der Waals surface area contributed by atoms with E-state index in [1.165, 1.54) is 11.1 Å². The average molecular weight is 311 g/mol. The van der Waals surface area contributed by atoms with E-state index in [1.807, 2.05) is 0 Å². The van der Waals surface area contributed by atoms with Crippen molar-refractivity contribution in [3.05, 3.63) is 35.4 Å². The Hall–Kier alpha value is -1.06. The molecule has 21 heavy (non-hydrogen) atoms. The summed E-state index contributed by atoms with van der Waals surface area (Å²) in [4.78, 5) is 12.1. The van der Waals surface area contributed by atoms with Gasteiger partial charge in [0.25, 0.3) is 0 Å². The Morgan fingerprint density at radius 2 is 2.00 bits per heavy atom. The zero-order chi connectivity index (χ0) is 14.6. The third-order valence-electron chi connectivity index (χ3n) is 4.28. The Morgan fingerprint density at radius 1 is 1.33 bits per heavy atom. The molecule has 0 aromatic heterocycles. The van der Waals surface area contributed by atoms with Gasteiger partial charge >= 0.3 is 0 Å². The first-order chi connectivity index (χ1) is 9.53. The molecule has 1 atom stereocenters. The molecule has 2 rings (SSSR count). The van der Waals surface area contributed by atoms with Gasteiger partial charge in [0.2, 0.25) is 5.91 Å². The maximum atomic E-state index is 12.1. The largest absolute Gasteiger partial charge is 0.355 e. The molecule has 0 bridgehead atoms. The number of aryl methyl sites for hydroxylation is 1. The van der Waals surface area contributed by atoms with Crippen LogP contribution in [0, 0.1) is 5.92 Å². The van der Waals surface area contributed by atoms with Gasteiger partial charge in [-0.15, -0.1) is 12.4 Å². The number of nitrogens with one attached hydrogen (secondary N) is 2. The number of rotatable bonds is 5. The number of halogens is 1. The van der Waals surface area contributed by atoms with Crippen molar-refractivity contribution < 1.29 is 4.79 Å². The standard InChI is InChI=1S/C17H26N2O.ClH/c1-4-13-5-7-15(8-6-13)17(2,3)12-19-16(20)14-9-10-18-11-14;/h5-8,14,18H,4,9-12H2,1-3H3,(H,19,20);1H. The second kappa shape index (κ2) is 7.81. The lowest BCUT2D eigenvalue weighted by atomic mass is 9.84. The predicted octanol–water partition coefficient (Wildman–Crippen LogP) is 2.67. The molecule has 4 heteroatoms. The molecule has 0 aliphatic carbocycles. The van der Waals surface area contributed by atoms with Crippen molar-refractivity contribution in [3.8, 4) is 0 Å². The van der Waals surface area contributed by atoms with E-state index < -0.39 is 0 Å². The van der Waals surface area contributed by atoms with Crippen LogP contribution in [0.15, 0.2) is 24.3 Å². The second-order valence-corrected chi connectivity index (χ2v) is 6.34. The second-order valence-electron chi connectivity index (χ2n) is 6.34. The quantitative estimate of drug-likeness (QED) is 0.878. The molecule has 1 heterocycles. The van der Waals surface area contributed by atoms with Gasteiger partial charge in [0.1, 0.15) is 0 Å². The van der Waals surface area contributed by atoms with Crippen molar-refractivity contribution >= 4 is 18.3 Å². The van der Waals surface area contributed by atoms with Crippen LogP contribution in [0.25, 0.3) is 0 Å². The highest BCUT2D eigenvalue weighted by Crippen LogP contribution is 2.23. The fourth-order valence-electron chi connectivity index (χ4n) is 2.62. The van der Waals surface area contributed by atoms with Crippen LogP contribution >= 0.6 is 12.4 Å². The molecule has 3 nitrogen and oxygen atoms in total. The highest BCUT2D eigenvalue weighted by molar-refractivity contribution is 5.85. The molecule has 1 aliphatic rings. The Kier molecular flexibility index (Phi) is 6.69. The zero-order valence-electron chi connectivity index (χ0n) is 13.2. The monoisotopic (exact) mass is 310 g/mol. The summed E-state index contributed by atoms with van der Waals surface area (Å²) in [6, 6.07) is 8.73. The summed E-state index contributed by atoms with van der Waals surface area (Å²) < 4.78 is 0. The summed E-state index contributed by atoms with van der Waals surface area (Å²) in [7, 11) is 0. The maximum absolute atomic E-state index is 12.1.